The number of rotatable bonds is 1. The molecule has 1 atom stereocenters. The van der Waals surface area contributed by atoms with Crippen molar-refractivity contribution in [2.24, 2.45) is 23.7 Å². The van der Waals surface area contributed by atoms with Crippen molar-refractivity contribution in [2.75, 3.05) is 4.90 Å². The summed E-state index contributed by atoms with van der Waals surface area (Å²) in [4.78, 5) is 12.8. The van der Waals surface area contributed by atoms with E-state index in [1.807, 2.05) is 12.3 Å². The molecule has 1 aliphatic heterocycles. The van der Waals surface area contributed by atoms with Gasteiger partial charge in [0.05, 0.1) is 34.3 Å². The Hall–Kier alpha value is -5.28. The highest BCUT2D eigenvalue weighted by molar-refractivity contribution is 6.10. The maximum absolute atomic E-state index is 5.32. The molecule has 0 amide bonds. The minimum absolute atomic E-state index is 0.115. The zero-order valence-corrected chi connectivity index (χ0v) is 28.7. The Morgan fingerprint density at radius 2 is 1.25 bits per heavy atom. The van der Waals surface area contributed by atoms with Crippen molar-refractivity contribution in [2.45, 2.75) is 49.9 Å². The first-order valence-electron chi connectivity index (χ1n) is 19.1. The van der Waals surface area contributed by atoms with Crippen LogP contribution < -0.4 is 4.90 Å². The Kier molecular flexibility index (Phi) is 4.92. The lowest BCUT2D eigenvalue weighted by molar-refractivity contribution is -0.0399. The van der Waals surface area contributed by atoms with E-state index in [-0.39, 0.29) is 10.8 Å². The molecule has 6 aliphatic carbocycles. The van der Waals surface area contributed by atoms with E-state index in [2.05, 4.69) is 121 Å². The minimum atomic E-state index is -0.351. The molecule has 4 fully saturated rings. The Morgan fingerprint density at radius 1 is 0.549 bits per heavy atom. The molecular formula is C48H37N3. The van der Waals surface area contributed by atoms with E-state index >= 15 is 0 Å². The van der Waals surface area contributed by atoms with Crippen molar-refractivity contribution >= 4 is 38.9 Å². The van der Waals surface area contributed by atoms with Crippen molar-refractivity contribution in [3.05, 3.63) is 149 Å². The second-order valence-electron chi connectivity index (χ2n) is 16.7. The Labute approximate surface area is 298 Å². The van der Waals surface area contributed by atoms with Gasteiger partial charge >= 0.3 is 0 Å². The first-order chi connectivity index (χ1) is 25.2. The summed E-state index contributed by atoms with van der Waals surface area (Å²) in [6.07, 6.45) is 11.1. The molecule has 3 heteroatoms. The molecule has 3 heterocycles. The van der Waals surface area contributed by atoms with Gasteiger partial charge < -0.3 is 4.90 Å². The fourth-order valence-corrected chi connectivity index (χ4v) is 13.3. The van der Waals surface area contributed by atoms with Gasteiger partial charge in [-0.2, -0.15) is 0 Å². The van der Waals surface area contributed by atoms with Crippen LogP contribution in [0.5, 0.6) is 0 Å². The van der Waals surface area contributed by atoms with Gasteiger partial charge in [0.15, 0.2) is 0 Å². The van der Waals surface area contributed by atoms with Gasteiger partial charge in [0, 0.05) is 38.9 Å². The zero-order valence-electron chi connectivity index (χ0n) is 28.7. The van der Waals surface area contributed by atoms with E-state index in [9.17, 15) is 0 Å². The third-order valence-electron chi connectivity index (χ3n) is 14.7. The summed E-state index contributed by atoms with van der Waals surface area (Å²) in [6, 6.07) is 41.7. The Balaban J connectivity index is 1.15. The maximum atomic E-state index is 5.32. The molecule has 0 saturated heterocycles. The van der Waals surface area contributed by atoms with Gasteiger partial charge in [0.1, 0.15) is 0 Å². The van der Waals surface area contributed by atoms with E-state index in [1.165, 1.54) is 93.5 Å². The van der Waals surface area contributed by atoms with Gasteiger partial charge in [-0.3, -0.25) is 9.97 Å². The van der Waals surface area contributed by atoms with Gasteiger partial charge in [-0.05, 0) is 120 Å². The van der Waals surface area contributed by atoms with Crippen LogP contribution in [-0.4, -0.2) is 9.97 Å². The molecule has 4 saturated carbocycles. The van der Waals surface area contributed by atoms with Crippen LogP contribution in [0.3, 0.4) is 0 Å². The van der Waals surface area contributed by atoms with Crippen LogP contribution in [0.25, 0.3) is 44.1 Å². The van der Waals surface area contributed by atoms with Crippen LogP contribution in [0.15, 0.2) is 122 Å². The molecule has 5 aromatic carbocycles. The molecule has 3 nitrogen and oxygen atoms in total. The highest BCUT2D eigenvalue weighted by Gasteiger charge is 2.62. The van der Waals surface area contributed by atoms with Crippen LogP contribution in [0.1, 0.15) is 66.8 Å². The van der Waals surface area contributed by atoms with Crippen LogP contribution >= 0.6 is 0 Å². The number of hydrogen-bond donors (Lipinski definition) is 0. The van der Waals surface area contributed by atoms with Crippen molar-refractivity contribution in [1.29, 1.82) is 0 Å². The van der Waals surface area contributed by atoms with Crippen molar-refractivity contribution in [1.82, 2.24) is 9.97 Å². The fraction of sp³-hybridized carbons (Fsp3) is 0.250. The van der Waals surface area contributed by atoms with Crippen LogP contribution in [0.4, 0.5) is 17.1 Å². The fourth-order valence-electron chi connectivity index (χ4n) is 13.3. The lowest BCUT2D eigenvalue weighted by Crippen LogP contribution is -2.55. The zero-order chi connectivity index (χ0) is 33.2. The number of anilines is 3. The summed E-state index contributed by atoms with van der Waals surface area (Å²) in [6.45, 7) is 2.47. The summed E-state index contributed by atoms with van der Waals surface area (Å²) in [5.41, 5.74) is 18.3. The lowest BCUT2D eigenvalue weighted by Gasteiger charge is -2.61. The Morgan fingerprint density at radius 3 is 2.10 bits per heavy atom. The molecule has 7 aromatic rings. The minimum Gasteiger partial charge on any atom is -0.308 e. The van der Waals surface area contributed by atoms with Gasteiger partial charge in [0.2, 0.25) is 0 Å². The standard InChI is InChI=1S/C48H37N3/c1-47-36-13-4-2-10-32(36)33-12-6-17-40(43(33)47)51(41-26-50-46-35(44(41)47)19-18-29-9-8-20-49-45(29)46)39-16-7-15-38-42(39)34-11-3-5-14-37(34)48(38)30-22-27-21-28(24-30)25-31(48)23-27/h2-20,26-28,30-31H,21-25H2,1H3. The molecule has 1 spiro atoms. The first-order valence-corrected chi connectivity index (χ1v) is 19.1. The van der Waals surface area contributed by atoms with E-state index in [4.69, 9.17) is 9.97 Å². The highest BCUT2D eigenvalue weighted by Crippen LogP contribution is 2.71. The summed E-state index contributed by atoms with van der Waals surface area (Å²) < 4.78 is 0. The van der Waals surface area contributed by atoms with Gasteiger partial charge in [-0.1, -0.05) is 91.0 Å². The largest absolute Gasteiger partial charge is 0.308 e. The highest BCUT2D eigenvalue weighted by atomic mass is 15.2. The van der Waals surface area contributed by atoms with Crippen molar-refractivity contribution in [3.63, 3.8) is 0 Å². The van der Waals surface area contributed by atoms with Gasteiger partial charge in [-0.15, -0.1) is 0 Å². The summed E-state index contributed by atoms with van der Waals surface area (Å²) >= 11 is 0. The molecule has 2 aromatic heterocycles. The molecule has 7 aliphatic rings. The molecule has 51 heavy (non-hydrogen) atoms. The SMILES string of the molecule is CC12c3ccccc3-c3cccc(c31)N(c1cccc3c1-c1ccccc1C31C3CC4CC(C3)CC1C4)c1cnc3c(ccc4cccnc43)c12. The number of benzene rings is 5. The summed E-state index contributed by atoms with van der Waals surface area (Å²) in [5, 5.41) is 2.32. The third-order valence-corrected chi connectivity index (χ3v) is 14.7. The van der Waals surface area contributed by atoms with Crippen LogP contribution in [0, 0.1) is 23.7 Å². The molecule has 4 bridgehead atoms. The maximum Gasteiger partial charge on any atom is 0.0969 e. The normalized spacial score (nSPS) is 28.2. The second-order valence-corrected chi connectivity index (χ2v) is 16.7. The predicted molar refractivity (Wildman–Crippen MR) is 206 cm³/mol. The second kappa shape index (κ2) is 9.14. The molecule has 244 valence electrons. The molecule has 0 N–H and O–H groups in total. The van der Waals surface area contributed by atoms with E-state index < -0.39 is 0 Å². The quantitative estimate of drug-likeness (QED) is 0.165. The lowest BCUT2D eigenvalue weighted by atomic mass is 9.43. The number of pyridine rings is 2. The van der Waals surface area contributed by atoms with Gasteiger partial charge in [0.25, 0.3) is 0 Å². The summed E-state index contributed by atoms with van der Waals surface area (Å²) in [5.74, 6) is 3.29. The smallest absolute Gasteiger partial charge is 0.0969 e. The average molecular weight is 656 g/mol. The first kappa shape index (κ1) is 27.4. The van der Waals surface area contributed by atoms with Gasteiger partial charge in [-0.25, -0.2) is 0 Å². The summed E-state index contributed by atoms with van der Waals surface area (Å²) in [7, 11) is 0. The monoisotopic (exact) mass is 655 g/mol. The van der Waals surface area contributed by atoms with Crippen molar-refractivity contribution in [3.8, 4) is 22.3 Å². The third kappa shape index (κ3) is 3.04. The average Bonchev–Trinajstić information content (AvgIpc) is 3.62. The molecular weight excluding hydrogens is 619 g/mol. The molecule has 0 radical (unpaired) electrons. The van der Waals surface area contributed by atoms with Crippen LogP contribution in [0.2, 0.25) is 0 Å². The number of fused-ring (bicyclic) bond motifs is 12. The number of aromatic nitrogens is 2. The van der Waals surface area contributed by atoms with Crippen LogP contribution in [-0.2, 0) is 10.8 Å². The van der Waals surface area contributed by atoms with Crippen molar-refractivity contribution < 1.29 is 0 Å². The predicted octanol–water partition coefficient (Wildman–Crippen LogP) is 11.6. The number of nitrogens with zero attached hydrogens (tertiary/aromatic N) is 3. The molecule has 1 unspecified atom stereocenters. The number of hydrogen-bond acceptors (Lipinski definition) is 3. The van der Waals surface area contributed by atoms with E-state index in [0.717, 1.165) is 40.1 Å². The Bertz CT molecular complexity index is 2680. The van der Waals surface area contributed by atoms with E-state index in [1.54, 1.807) is 11.1 Å². The molecule has 14 rings (SSSR count). The van der Waals surface area contributed by atoms with E-state index in [0.29, 0.717) is 0 Å². The topological polar surface area (TPSA) is 29.0 Å².